The Kier molecular flexibility index (Phi) is 11.7. The Morgan fingerprint density at radius 3 is 2.27 bits per heavy atom. The van der Waals surface area contributed by atoms with Crippen molar-refractivity contribution in [2.24, 2.45) is 0 Å². The molecule has 296 valence electrons. The van der Waals surface area contributed by atoms with Gasteiger partial charge in [0.05, 0.1) is 36.5 Å². The summed E-state index contributed by atoms with van der Waals surface area (Å²) in [5.41, 5.74) is 2.79. The molecule has 3 aromatic carbocycles. The lowest BCUT2D eigenvalue weighted by atomic mass is 9.89. The second-order valence-electron chi connectivity index (χ2n) is 15.0. The zero-order valence-electron chi connectivity index (χ0n) is 31.6. The van der Waals surface area contributed by atoms with Crippen LogP contribution in [0.4, 0.5) is 24.5 Å². The van der Waals surface area contributed by atoms with E-state index in [2.05, 4.69) is 27.2 Å². The SMILES string of the molecule is COc1cc(N2CCN(CCCCCOc3ccc(C4CCN(c5ccc(C#N)c(C(F)(F)F)c5)CC4)cc3)CC2)cc2c1C(=O)N(C1CCC(=O)NC1=O)C2. The van der Waals surface area contributed by atoms with Crippen LogP contribution in [0, 0.1) is 11.3 Å². The van der Waals surface area contributed by atoms with Crippen molar-refractivity contribution >= 4 is 29.1 Å². The molecular weight excluding hydrogens is 725 g/mol. The first-order chi connectivity index (χ1) is 27.0. The predicted molar refractivity (Wildman–Crippen MR) is 204 cm³/mol. The number of anilines is 2. The summed E-state index contributed by atoms with van der Waals surface area (Å²) in [7, 11) is 1.55. The molecule has 3 saturated heterocycles. The quantitative estimate of drug-likeness (QED) is 0.172. The van der Waals surface area contributed by atoms with E-state index in [1.807, 2.05) is 29.2 Å². The predicted octanol–water partition coefficient (Wildman–Crippen LogP) is 6.10. The molecule has 14 heteroatoms. The molecule has 56 heavy (non-hydrogen) atoms. The minimum absolute atomic E-state index is 0.213. The van der Waals surface area contributed by atoms with Crippen molar-refractivity contribution in [2.75, 3.05) is 69.3 Å². The van der Waals surface area contributed by atoms with Gasteiger partial charge in [-0.3, -0.25) is 24.6 Å². The van der Waals surface area contributed by atoms with Gasteiger partial charge in [-0.2, -0.15) is 18.4 Å². The number of methoxy groups -OCH3 is 1. The number of fused-ring (bicyclic) bond motifs is 1. The molecule has 1 unspecified atom stereocenters. The highest BCUT2D eigenvalue weighted by Crippen LogP contribution is 2.39. The van der Waals surface area contributed by atoms with Gasteiger partial charge in [0.25, 0.3) is 5.91 Å². The van der Waals surface area contributed by atoms with Crippen LogP contribution in [0.5, 0.6) is 11.5 Å². The highest BCUT2D eigenvalue weighted by molar-refractivity contribution is 6.06. The number of rotatable bonds is 12. The minimum Gasteiger partial charge on any atom is -0.496 e. The lowest BCUT2D eigenvalue weighted by molar-refractivity contribution is -0.138. The number of carbonyl (C=O) groups is 3. The number of amides is 3. The molecule has 4 aliphatic heterocycles. The lowest BCUT2D eigenvalue weighted by Crippen LogP contribution is -2.52. The third kappa shape index (κ3) is 8.58. The molecule has 11 nitrogen and oxygen atoms in total. The van der Waals surface area contributed by atoms with Crippen LogP contribution in [-0.2, 0) is 22.3 Å². The molecule has 0 bridgehead atoms. The van der Waals surface area contributed by atoms with E-state index in [9.17, 15) is 27.6 Å². The Morgan fingerprint density at radius 1 is 0.857 bits per heavy atom. The zero-order chi connectivity index (χ0) is 39.4. The van der Waals surface area contributed by atoms with Crippen molar-refractivity contribution in [2.45, 2.75) is 69.6 Å². The van der Waals surface area contributed by atoms with Gasteiger partial charge in [-0.25, -0.2) is 0 Å². The third-order valence-corrected chi connectivity index (χ3v) is 11.6. The first-order valence-electron chi connectivity index (χ1n) is 19.4. The molecular formula is C42H47F3N6O5. The summed E-state index contributed by atoms with van der Waals surface area (Å²) in [6.07, 6.45) is 0.706. The van der Waals surface area contributed by atoms with E-state index in [0.717, 1.165) is 87.9 Å². The van der Waals surface area contributed by atoms with Crippen molar-refractivity contribution in [1.29, 1.82) is 5.26 Å². The van der Waals surface area contributed by atoms with E-state index in [0.29, 0.717) is 55.6 Å². The Balaban J connectivity index is 0.801. The third-order valence-electron chi connectivity index (χ3n) is 11.6. The number of nitrogens with zero attached hydrogens (tertiary/aromatic N) is 5. The van der Waals surface area contributed by atoms with Crippen molar-refractivity contribution in [3.05, 3.63) is 82.4 Å². The Hall–Kier alpha value is -5.29. The molecule has 0 saturated carbocycles. The topological polar surface area (TPSA) is 118 Å². The molecule has 3 aromatic rings. The number of nitrogens with one attached hydrogen (secondary N) is 1. The van der Waals surface area contributed by atoms with Crippen LogP contribution >= 0.6 is 0 Å². The highest BCUT2D eigenvalue weighted by atomic mass is 19.4. The number of ether oxygens (including phenoxy) is 2. The number of halogens is 3. The summed E-state index contributed by atoms with van der Waals surface area (Å²) >= 11 is 0. The van der Waals surface area contributed by atoms with Gasteiger partial charge >= 0.3 is 6.18 Å². The fraction of sp³-hybridized carbons (Fsp3) is 0.476. The molecule has 4 heterocycles. The molecule has 3 fully saturated rings. The fourth-order valence-electron chi connectivity index (χ4n) is 8.40. The van der Waals surface area contributed by atoms with E-state index >= 15 is 0 Å². The molecule has 0 spiro atoms. The normalized spacial score (nSPS) is 19.5. The second kappa shape index (κ2) is 16.8. The Bertz CT molecular complexity index is 1970. The summed E-state index contributed by atoms with van der Waals surface area (Å²) in [5, 5.41) is 11.5. The van der Waals surface area contributed by atoms with Crippen LogP contribution in [0.15, 0.2) is 54.6 Å². The van der Waals surface area contributed by atoms with E-state index in [4.69, 9.17) is 14.7 Å². The standard InChI is InChI=1S/C42H47F3N6O5/c1-55-37-25-33(23-31-27-51(41(54)39(31)37)36-11-12-38(52)47-40(36)53)50-20-18-48(19-21-50)15-3-2-4-22-56-34-9-6-28(7-10-34)29-13-16-49(17-14-29)32-8-5-30(26-46)35(24-32)42(43,44)45/h5-10,23-25,29,36H,2-4,11-22,27H2,1H3,(H,47,52,53). The molecule has 3 amide bonds. The summed E-state index contributed by atoms with van der Waals surface area (Å²) < 4.78 is 52.1. The maximum Gasteiger partial charge on any atom is 0.417 e. The number of unbranched alkanes of at least 4 members (excludes halogenated alkanes) is 2. The van der Waals surface area contributed by atoms with Crippen molar-refractivity contribution in [3.63, 3.8) is 0 Å². The van der Waals surface area contributed by atoms with E-state index in [1.165, 1.54) is 11.6 Å². The molecule has 0 aromatic heterocycles. The minimum atomic E-state index is -4.57. The first kappa shape index (κ1) is 39.0. The number of benzene rings is 3. The summed E-state index contributed by atoms with van der Waals surface area (Å²) in [5.74, 6) is 0.682. The Labute approximate surface area is 324 Å². The second-order valence-corrected chi connectivity index (χ2v) is 15.0. The number of carbonyl (C=O) groups excluding carboxylic acids is 3. The van der Waals surface area contributed by atoms with Crippen LogP contribution in [-0.4, -0.2) is 93.1 Å². The van der Waals surface area contributed by atoms with Gasteiger partial charge in [0.2, 0.25) is 11.8 Å². The van der Waals surface area contributed by atoms with Crippen LogP contribution in [0.3, 0.4) is 0 Å². The molecule has 0 radical (unpaired) electrons. The van der Waals surface area contributed by atoms with Crippen LogP contribution in [0.2, 0.25) is 0 Å². The molecule has 7 rings (SSSR count). The average Bonchev–Trinajstić information content (AvgIpc) is 3.54. The highest BCUT2D eigenvalue weighted by Gasteiger charge is 2.41. The van der Waals surface area contributed by atoms with Crippen LogP contribution in [0.1, 0.15) is 83.5 Å². The number of alkyl halides is 3. The van der Waals surface area contributed by atoms with Crippen molar-refractivity contribution < 1.29 is 37.0 Å². The molecule has 1 N–H and O–H groups in total. The van der Waals surface area contributed by atoms with Gasteiger partial charge in [0.15, 0.2) is 0 Å². The number of piperazine rings is 1. The molecule has 4 aliphatic rings. The van der Waals surface area contributed by atoms with Crippen LogP contribution < -0.4 is 24.6 Å². The average molecular weight is 773 g/mol. The van der Waals surface area contributed by atoms with Gasteiger partial charge in [-0.1, -0.05) is 12.1 Å². The van der Waals surface area contributed by atoms with Gasteiger partial charge in [0.1, 0.15) is 17.5 Å². The smallest absolute Gasteiger partial charge is 0.417 e. The van der Waals surface area contributed by atoms with Crippen molar-refractivity contribution in [3.8, 4) is 17.6 Å². The summed E-state index contributed by atoms with van der Waals surface area (Å²) in [6, 6.07) is 17.1. The van der Waals surface area contributed by atoms with E-state index in [1.54, 1.807) is 24.1 Å². The summed E-state index contributed by atoms with van der Waals surface area (Å²) in [4.78, 5) is 45.8. The van der Waals surface area contributed by atoms with E-state index < -0.39 is 23.7 Å². The summed E-state index contributed by atoms with van der Waals surface area (Å²) in [6.45, 7) is 6.80. The van der Waals surface area contributed by atoms with Gasteiger partial charge < -0.3 is 24.2 Å². The maximum atomic E-state index is 13.5. The zero-order valence-corrected chi connectivity index (χ0v) is 31.6. The molecule has 1 atom stereocenters. The van der Waals surface area contributed by atoms with Gasteiger partial charge in [-0.05, 0) is 98.5 Å². The lowest BCUT2D eigenvalue weighted by Gasteiger charge is -2.36. The number of nitriles is 1. The Morgan fingerprint density at radius 2 is 1.59 bits per heavy atom. The number of piperidine rings is 2. The van der Waals surface area contributed by atoms with E-state index in [-0.39, 0.29) is 23.8 Å². The molecule has 0 aliphatic carbocycles. The van der Waals surface area contributed by atoms with Gasteiger partial charge in [-0.15, -0.1) is 0 Å². The fourth-order valence-corrected chi connectivity index (χ4v) is 8.40. The number of hydrogen-bond acceptors (Lipinski definition) is 9. The van der Waals surface area contributed by atoms with Gasteiger partial charge in [0, 0.05) is 69.7 Å². The number of imide groups is 1. The number of hydrogen-bond donors (Lipinski definition) is 1. The van der Waals surface area contributed by atoms with Crippen molar-refractivity contribution in [1.82, 2.24) is 15.1 Å². The monoisotopic (exact) mass is 772 g/mol. The van der Waals surface area contributed by atoms with Crippen LogP contribution in [0.25, 0.3) is 0 Å². The largest absolute Gasteiger partial charge is 0.496 e. The maximum absolute atomic E-state index is 13.5. The first-order valence-corrected chi connectivity index (χ1v) is 19.4.